The molecule has 0 saturated carbocycles. The highest BCUT2D eigenvalue weighted by atomic mass is 35.5. The van der Waals surface area contributed by atoms with Crippen molar-refractivity contribution in [3.8, 4) is 11.1 Å². The molecule has 0 unspecified atom stereocenters. The average Bonchev–Trinajstić information content (AvgIpc) is 2.37. The molecule has 0 aromatic heterocycles. The molecule has 5 heteroatoms. The second-order valence-electron chi connectivity index (χ2n) is 4.44. The Kier molecular flexibility index (Phi) is 5.20. The molecule has 2 aromatic carbocycles. The summed E-state index contributed by atoms with van der Waals surface area (Å²) in [6.07, 6.45) is -4.34. The molecule has 0 amide bonds. The van der Waals surface area contributed by atoms with Gasteiger partial charge in [0.15, 0.2) is 0 Å². The normalized spacial score (nSPS) is 11.1. The van der Waals surface area contributed by atoms with E-state index in [0.717, 1.165) is 28.8 Å². The molecule has 2 rings (SSSR count). The molecule has 0 aliphatic carbocycles. The van der Waals surface area contributed by atoms with Crippen LogP contribution in [0.15, 0.2) is 42.5 Å². The smallest absolute Gasteiger partial charge is 0.326 e. The molecule has 1 nitrogen and oxygen atoms in total. The van der Waals surface area contributed by atoms with Crippen LogP contribution in [-0.2, 0) is 12.7 Å². The zero-order valence-corrected chi connectivity index (χ0v) is 11.7. The molecule has 0 spiro atoms. The van der Waals surface area contributed by atoms with Gasteiger partial charge in [-0.25, -0.2) is 0 Å². The quantitative estimate of drug-likeness (QED) is 0.864. The third kappa shape index (κ3) is 3.52. The molecule has 0 aliphatic heterocycles. The summed E-state index contributed by atoms with van der Waals surface area (Å²) in [5, 5.41) is 0. The second kappa shape index (κ2) is 6.29. The summed E-state index contributed by atoms with van der Waals surface area (Å²) in [4.78, 5) is 0. The Bertz CT molecular complexity index is 594. The molecule has 108 valence electrons. The van der Waals surface area contributed by atoms with Crippen molar-refractivity contribution in [2.45, 2.75) is 19.6 Å². The Morgan fingerprint density at radius 3 is 2.30 bits per heavy atom. The van der Waals surface area contributed by atoms with Gasteiger partial charge in [-0.3, -0.25) is 0 Å². The van der Waals surface area contributed by atoms with E-state index in [4.69, 9.17) is 5.73 Å². The summed E-state index contributed by atoms with van der Waals surface area (Å²) in [5.74, 6) is 0. The van der Waals surface area contributed by atoms with Gasteiger partial charge in [-0.15, -0.1) is 12.4 Å². The number of hydrogen-bond donors (Lipinski definition) is 1. The van der Waals surface area contributed by atoms with Crippen LogP contribution in [0.4, 0.5) is 13.2 Å². The van der Waals surface area contributed by atoms with Gasteiger partial charge >= 0.3 is 6.18 Å². The maximum atomic E-state index is 12.7. The summed E-state index contributed by atoms with van der Waals surface area (Å²) in [6, 6.07) is 11.3. The van der Waals surface area contributed by atoms with Crippen molar-refractivity contribution in [2.24, 2.45) is 5.73 Å². The van der Waals surface area contributed by atoms with Crippen LogP contribution in [0.5, 0.6) is 0 Å². The van der Waals surface area contributed by atoms with E-state index >= 15 is 0 Å². The first kappa shape index (κ1) is 16.5. The number of benzene rings is 2. The van der Waals surface area contributed by atoms with E-state index in [1.807, 2.05) is 31.2 Å². The lowest BCUT2D eigenvalue weighted by Crippen LogP contribution is -2.08. The minimum absolute atomic E-state index is 0. The largest absolute Gasteiger partial charge is 0.416 e. The van der Waals surface area contributed by atoms with Gasteiger partial charge in [0, 0.05) is 6.54 Å². The topological polar surface area (TPSA) is 26.0 Å². The zero-order chi connectivity index (χ0) is 14.0. The fourth-order valence-corrected chi connectivity index (χ4v) is 2.03. The van der Waals surface area contributed by atoms with Crippen LogP contribution in [-0.4, -0.2) is 0 Å². The predicted molar refractivity (Wildman–Crippen MR) is 76.8 cm³/mol. The van der Waals surface area contributed by atoms with Crippen molar-refractivity contribution in [3.63, 3.8) is 0 Å². The van der Waals surface area contributed by atoms with E-state index in [2.05, 4.69) is 0 Å². The van der Waals surface area contributed by atoms with Crippen LogP contribution in [0.25, 0.3) is 11.1 Å². The first-order valence-corrected chi connectivity index (χ1v) is 5.89. The lowest BCUT2D eigenvalue weighted by atomic mass is 9.96. The predicted octanol–water partition coefficient (Wildman–Crippen LogP) is 4.56. The Hall–Kier alpha value is -1.52. The second-order valence-corrected chi connectivity index (χ2v) is 4.44. The zero-order valence-electron chi connectivity index (χ0n) is 10.9. The molecule has 0 saturated heterocycles. The molecular formula is C15H15ClF3N. The lowest BCUT2D eigenvalue weighted by Gasteiger charge is -2.13. The van der Waals surface area contributed by atoms with E-state index in [9.17, 15) is 13.2 Å². The van der Waals surface area contributed by atoms with E-state index in [1.165, 1.54) is 6.07 Å². The summed E-state index contributed by atoms with van der Waals surface area (Å²) in [6.45, 7) is 2.02. The van der Waals surface area contributed by atoms with E-state index in [0.29, 0.717) is 5.56 Å². The van der Waals surface area contributed by atoms with Crippen LogP contribution in [0.2, 0.25) is 0 Å². The molecule has 0 heterocycles. The van der Waals surface area contributed by atoms with Crippen molar-refractivity contribution < 1.29 is 13.2 Å². The van der Waals surface area contributed by atoms with Gasteiger partial charge in [-0.1, -0.05) is 35.9 Å². The van der Waals surface area contributed by atoms with Gasteiger partial charge < -0.3 is 5.73 Å². The van der Waals surface area contributed by atoms with Gasteiger partial charge in [0.2, 0.25) is 0 Å². The molecule has 0 atom stereocenters. The maximum absolute atomic E-state index is 12.7. The number of hydrogen-bond acceptors (Lipinski definition) is 1. The minimum atomic E-state index is -4.34. The first-order valence-electron chi connectivity index (χ1n) is 5.89. The monoisotopic (exact) mass is 301 g/mol. The van der Waals surface area contributed by atoms with Crippen molar-refractivity contribution in [3.05, 3.63) is 59.2 Å². The van der Waals surface area contributed by atoms with Gasteiger partial charge in [0.05, 0.1) is 5.56 Å². The SMILES string of the molecule is Cc1cccc(-c2ccc(C(F)(F)F)cc2CN)c1.Cl. The Morgan fingerprint density at radius 2 is 1.75 bits per heavy atom. The van der Waals surface area contributed by atoms with Gasteiger partial charge in [-0.05, 0) is 35.7 Å². The summed E-state index contributed by atoms with van der Waals surface area (Å²) in [5.41, 5.74) is 8.10. The molecule has 0 radical (unpaired) electrons. The van der Waals surface area contributed by atoms with Crippen LogP contribution in [0.3, 0.4) is 0 Å². The number of halogens is 4. The Morgan fingerprint density at radius 1 is 1.05 bits per heavy atom. The highest BCUT2D eigenvalue weighted by Gasteiger charge is 2.30. The lowest BCUT2D eigenvalue weighted by molar-refractivity contribution is -0.137. The molecule has 0 bridgehead atoms. The van der Waals surface area contributed by atoms with Gasteiger partial charge in [0.1, 0.15) is 0 Å². The Balaban J connectivity index is 0.00000200. The van der Waals surface area contributed by atoms with Crippen molar-refractivity contribution >= 4 is 12.4 Å². The summed E-state index contributed by atoms with van der Waals surface area (Å²) < 4.78 is 38.0. The fraction of sp³-hybridized carbons (Fsp3) is 0.200. The third-order valence-corrected chi connectivity index (χ3v) is 2.98. The molecule has 2 N–H and O–H groups in total. The average molecular weight is 302 g/mol. The standard InChI is InChI=1S/C15H14F3N.ClH/c1-10-3-2-4-11(7-10)14-6-5-13(15(16,17)18)8-12(14)9-19;/h2-8H,9,19H2,1H3;1H. The van der Waals surface area contributed by atoms with E-state index in [1.54, 1.807) is 0 Å². The van der Waals surface area contributed by atoms with Crippen molar-refractivity contribution in [1.82, 2.24) is 0 Å². The molecule has 2 aromatic rings. The van der Waals surface area contributed by atoms with Crippen LogP contribution in [0, 0.1) is 6.92 Å². The maximum Gasteiger partial charge on any atom is 0.416 e. The Labute approximate surface area is 122 Å². The van der Waals surface area contributed by atoms with E-state index in [-0.39, 0.29) is 19.0 Å². The van der Waals surface area contributed by atoms with Crippen molar-refractivity contribution in [1.29, 1.82) is 0 Å². The number of nitrogens with two attached hydrogens (primary N) is 1. The minimum Gasteiger partial charge on any atom is -0.326 e. The molecule has 0 aliphatic rings. The number of alkyl halides is 3. The van der Waals surface area contributed by atoms with Crippen molar-refractivity contribution in [2.75, 3.05) is 0 Å². The summed E-state index contributed by atoms with van der Waals surface area (Å²) in [7, 11) is 0. The van der Waals surface area contributed by atoms with Gasteiger partial charge in [0.25, 0.3) is 0 Å². The molecule has 0 fully saturated rings. The van der Waals surface area contributed by atoms with Crippen LogP contribution >= 0.6 is 12.4 Å². The summed E-state index contributed by atoms with van der Waals surface area (Å²) >= 11 is 0. The number of rotatable bonds is 2. The van der Waals surface area contributed by atoms with Gasteiger partial charge in [-0.2, -0.15) is 13.2 Å². The highest BCUT2D eigenvalue weighted by molar-refractivity contribution is 5.85. The van der Waals surface area contributed by atoms with Crippen LogP contribution in [0.1, 0.15) is 16.7 Å². The number of aryl methyl sites for hydroxylation is 1. The fourth-order valence-electron chi connectivity index (χ4n) is 2.03. The molecule has 20 heavy (non-hydrogen) atoms. The van der Waals surface area contributed by atoms with E-state index < -0.39 is 11.7 Å². The highest BCUT2D eigenvalue weighted by Crippen LogP contribution is 2.33. The third-order valence-electron chi connectivity index (χ3n) is 2.98. The first-order chi connectivity index (χ1) is 8.91. The van der Waals surface area contributed by atoms with Crippen LogP contribution < -0.4 is 5.73 Å². The molecular weight excluding hydrogens is 287 g/mol.